The van der Waals surface area contributed by atoms with Crippen LogP contribution in [0.4, 0.5) is 10.1 Å². The number of halogens is 1. The quantitative estimate of drug-likeness (QED) is 0.638. The molecule has 5 nitrogen and oxygen atoms in total. The standard InChI is InChI=1S/C16H23FN4O/c1-9-10(2)20-15-11(7-22-8-18)5-13(17)16(14(9)15)21-12-3-4-19-6-12/h5,12,19-21H,3-4,6-8,18H2,1-2H3/t12-/m0/s1. The molecular weight excluding hydrogens is 283 g/mol. The molecule has 1 aliphatic rings. The van der Waals surface area contributed by atoms with Gasteiger partial charge in [-0.25, -0.2) is 4.39 Å². The van der Waals surface area contributed by atoms with Gasteiger partial charge in [-0.2, -0.15) is 0 Å². The van der Waals surface area contributed by atoms with E-state index in [-0.39, 0.29) is 18.6 Å². The Balaban J connectivity index is 2.08. The minimum absolute atomic E-state index is 0.121. The summed E-state index contributed by atoms with van der Waals surface area (Å²) in [7, 11) is 0. The summed E-state index contributed by atoms with van der Waals surface area (Å²) in [5.41, 5.74) is 9.81. The first-order valence-electron chi connectivity index (χ1n) is 7.67. The van der Waals surface area contributed by atoms with Crippen molar-refractivity contribution in [3.63, 3.8) is 0 Å². The summed E-state index contributed by atoms with van der Waals surface area (Å²) in [6.45, 7) is 6.27. The van der Waals surface area contributed by atoms with Crippen molar-refractivity contribution in [2.45, 2.75) is 32.9 Å². The van der Waals surface area contributed by atoms with E-state index in [4.69, 9.17) is 10.5 Å². The number of benzene rings is 1. The average molecular weight is 306 g/mol. The Morgan fingerprint density at radius 1 is 1.45 bits per heavy atom. The maximum Gasteiger partial charge on any atom is 0.147 e. The summed E-state index contributed by atoms with van der Waals surface area (Å²) in [6.07, 6.45) is 1.00. The third kappa shape index (κ3) is 2.69. The molecule has 2 aromatic rings. The van der Waals surface area contributed by atoms with Gasteiger partial charge >= 0.3 is 0 Å². The van der Waals surface area contributed by atoms with Crippen molar-refractivity contribution >= 4 is 16.6 Å². The third-order valence-corrected chi connectivity index (χ3v) is 4.40. The van der Waals surface area contributed by atoms with Crippen LogP contribution in [0.3, 0.4) is 0 Å². The fourth-order valence-corrected chi connectivity index (χ4v) is 3.09. The van der Waals surface area contributed by atoms with Gasteiger partial charge in [0.15, 0.2) is 0 Å². The van der Waals surface area contributed by atoms with Crippen LogP contribution >= 0.6 is 0 Å². The van der Waals surface area contributed by atoms with E-state index in [2.05, 4.69) is 15.6 Å². The first kappa shape index (κ1) is 15.3. The van der Waals surface area contributed by atoms with Gasteiger partial charge in [0.05, 0.1) is 24.5 Å². The van der Waals surface area contributed by atoms with Gasteiger partial charge in [0, 0.05) is 29.2 Å². The molecule has 6 heteroatoms. The van der Waals surface area contributed by atoms with Gasteiger partial charge < -0.3 is 26.1 Å². The lowest BCUT2D eigenvalue weighted by molar-refractivity contribution is 0.128. The number of nitrogens with one attached hydrogen (secondary N) is 3. The molecule has 1 fully saturated rings. The highest BCUT2D eigenvalue weighted by atomic mass is 19.1. The lowest BCUT2D eigenvalue weighted by Crippen LogP contribution is -2.23. The average Bonchev–Trinajstić information content (AvgIpc) is 3.10. The molecule has 5 N–H and O–H groups in total. The van der Waals surface area contributed by atoms with Crippen LogP contribution in [0.5, 0.6) is 0 Å². The molecule has 2 heterocycles. The predicted molar refractivity (Wildman–Crippen MR) is 86.5 cm³/mol. The number of anilines is 1. The summed E-state index contributed by atoms with van der Waals surface area (Å²) >= 11 is 0. The summed E-state index contributed by atoms with van der Waals surface area (Å²) in [5, 5.41) is 7.58. The van der Waals surface area contributed by atoms with Crippen molar-refractivity contribution in [1.29, 1.82) is 0 Å². The molecule has 1 aromatic carbocycles. The molecule has 0 radical (unpaired) electrons. The van der Waals surface area contributed by atoms with E-state index in [1.165, 1.54) is 6.07 Å². The largest absolute Gasteiger partial charge is 0.378 e. The van der Waals surface area contributed by atoms with Crippen molar-refractivity contribution in [3.05, 3.63) is 28.7 Å². The number of aromatic nitrogens is 1. The SMILES string of the molecule is Cc1[nH]c2c(COCN)cc(F)c(N[C@H]3CCNC3)c2c1C. The van der Waals surface area contributed by atoms with Crippen LogP contribution in [0.1, 0.15) is 23.2 Å². The molecule has 22 heavy (non-hydrogen) atoms. The van der Waals surface area contributed by atoms with E-state index in [0.717, 1.165) is 47.2 Å². The van der Waals surface area contributed by atoms with Crippen LogP contribution < -0.4 is 16.4 Å². The van der Waals surface area contributed by atoms with E-state index in [1.54, 1.807) is 0 Å². The number of fused-ring (bicyclic) bond motifs is 1. The maximum atomic E-state index is 14.7. The van der Waals surface area contributed by atoms with Crippen LogP contribution in [0.15, 0.2) is 6.07 Å². The number of hydrogen-bond donors (Lipinski definition) is 4. The van der Waals surface area contributed by atoms with Crippen LogP contribution in [0.25, 0.3) is 10.9 Å². The Morgan fingerprint density at radius 2 is 2.27 bits per heavy atom. The van der Waals surface area contributed by atoms with Crippen LogP contribution in [-0.2, 0) is 11.3 Å². The van der Waals surface area contributed by atoms with Gasteiger partial charge in [0.25, 0.3) is 0 Å². The number of hydrogen-bond acceptors (Lipinski definition) is 4. The lowest BCUT2D eigenvalue weighted by Gasteiger charge is -2.17. The van der Waals surface area contributed by atoms with Gasteiger partial charge in [0.1, 0.15) is 5.82 Å². The first-order chi connectivity index (χ1) is 10.6. The van der Waals surface area contributed by atoms with Crippen LogP contribution in [0, 0.1) is 19.7 Å². The zero-order valence-electron chi connectivity index (χ0n) is 13.1. The summed E-state index contributed by atoms with van der Waals surface area (Å²) in [5.74, 6) is -0.239. The number of aryl methyl sites for hydroxylation is 2. The normalized spacial score (nSPS) is 18.3. The number of ether oxygens (including phenoxy) is 1. The lowest BCUT2D eigenvalue weighted by atomic mass is 10.0. The highest BCUT2D eigenvalue weighted by molar-refractivity contribution is 5.98. The summed E-state index contributed by atoms with van der Waals surface area (Å²) in [4.78, 5) is 3.35. The number of H-pyrrole nitrogens is 1. The van der Waals surface area contributed by atoms with Crippen molar-refractivity contribution in [2.75, 3.05) is 25.1 Å². The zero-order chi connectivity index (χ0) is 15.7. The highest BCUT2D eigenvalue weighted by Gasteiger charge is 2.21. The molecule has 1 atom stereocenters. The molecule has 120 valence electrons. The van der Waals surface area contributed by atoms with Crippen molar-refractivity contribution in [3.8, 4) is 0 Å². The van der Waals surface area contributed by atoms with Crippen LogP contribution in [0.2, 0.25) is 0 Å². The molecule has 1 aromatic heterocycles. The second kappa shape index (κ2) is 6.24. The maximum absolute atomic E-state index is 14.7. The molecular formula is C16H23FN4O. The van der Waals surface area contributed by atoms with E-state index < -0.39 is 0 Å². The molecule has 1 aliphatic heterocycles. The number of rotatable bonds is 5. The fourth-order valence-electron chi connectivity index (χ4n) is 3.09. The predicted octanol–water partition coefficient (Wildman–Crippen LogP) is 2.13. The minimum atomic E-state index is -0.239. The van der Waals surface area contributed by atoms with Crippen molar-refractivity contribution in [2.24, 2.45) is 5.73 Å². The molecule has 0 saturated carbocycles. The molecule has 0 bridgehead atoms. The van der Waals surface area contributed by atoms with Crippen molar-refractivity contribution < 1.29 is 9.13 Å². The topological polar surface area (TPSA) is 75.1 Å². The Hall–Kier alpha value is -1.63. The van der Waals surface area contributed by atoms with Gasteiger partial charge in [-0.1, -0.05) is 0 Å². The highest BCUT2D eigenvalue weighted by Crippen LogP contribution is 2.34. The second-order valence-electron chi connectivity index (χ2n) is 5.87. The van der Waals surface area contributed by atoms with Gasteiger partial charge in [-0.3, -0.25) is 0 Å². The summed E-state index contributed by atoms with van der Waals surface area (Å²) in [6, 6.07) is 1.80. The summed E-state index contributed by atoms with van der Waals surface area (Å²) < 4.78 is 19.9. The number of nitrogens with two attached hydrogens (primary N) is 1. The minimum Gasteiger partial charge on any atom is -0.378 e. The van der Waals surface area contributed by atoms with Crippen molar-refractivity contribution in [1.82, 2.24) is 10.3 Å². The molecule has 0 amide bonds. The third-order valence-electron chi connectivity index (χ3n) is 4.40. The van der Waals surface area contributed by atoms with E-state index in [0.29, 0.717) is 12.3 Å². The van der Waals surface area contributed by atoms with Crippen LogP contribution in [-0.4, -0.2) is 30.8 Å². The van der Waals surface area contributed by atoms with Gasteiger partial charge in [-0.05, 0) is 38.4 Å². The Morgan fingerprint density at radius 3 is 2.95 bits per heavy atom. The van der Waals surface area contributed by atoms with Gasteiger partial charge in [0.2, 0.25) is 0 Å². The Kier molecular flexibility index (Phi) is 4.33. The number of aromatic amines is 1. The van der Waals surface area contributed by atoms with E-state index >= 15 is 0 Å². The molecule has 0 spiro atoms. The molecule has 1 saturated heterocycles. The van der Waals surface area contributed by atoms with Gasteiger partial charge in [-0.15, -0.1) is 0 Å². The second-order valence-corrected chi connectivity index (χ2v) is 5.87. The zero-order valence-corrected chi connectivity index (χ0v) is 13.1. The Bertz CT molecular complexity index is 677. The molecule has 0 unspecified atom stereocenters. The smallest absolute Gasteiger partial charge is 0.147 e. The fraction of sp³-hybridized carbons (Fsp3) is 0.500. The Labute approximate surface area is 129 Å². The van der Waals surface area contributed by atoms with E-state index in [1.807, 2.05) is 13.8 Å². The molecule has 3 rings (SSSR count). The monoisotopic (exact) mass is 306 g/mol. The molecule has 0 aliphatic carbocycles. The first-order valence-corrected chi connectivity index (χ1v) is 7.67. The van der Waals surface area contributed by atoms with E-state index in [9.17, 15) is 4.39 Å².